The molecule has 10 nitrogen and oxygen atoms in total. The summed E-state index contributed by atoms with van der Waals surface area (Å²) in [5.74, 6) is -1.54. The second-order valence-electron chi connectivity index (χ2n) is 8.23. The minimum Gasteiger partial charge on any atom is -0.365 e. The van der Waals surface area contributed by atoms with Crippen LogP contribution >= 0.6 is 0 Å². The number of primary amides is 1. The van der Waals surface area contributed by atoms with Gasteiger partial charge >= 0.3 is 6.18 Å². The average Bonchev–Trinajstić information content (AvgIpc) is 3.58. The van der Waals surface area contributed by atoms with Crippen LogP contribution in [-0.4, -0.2) is 36.8 Å². The summed E-state index contributed by atoms with van der Waals surface area (Å²) in [6, 6.07) is 20.7. The molecular weight excluding hydrogens is 513 g/mol. The van der Waals surface area contributed by atoms with Crippen molar-refractivity contribution in [1.82, 2.24) is 25.0 Å². The van der Waals surface area contributed by atoms with Gasteiger partial charge in [-0.25, -0.2) is 9.67 Å². The Labute approximate surface area is 218 Å². The summed E-state index contributed by atoms with van der Waals surface area (Å²) in [6.45, 7) is 0. The van der Waals surface area contributed by atoms with Gasteiger partial charge in [0.2, 0.25) is 0 Å². The molecule has 5 N–H and O–H groups in total. The van der Waals surface area contributed by atoms with Crippen LogP contribution in [-0.2, 0) is 6.18 Å². The fourth-order valence-electron chi connectivity index (χ4n) is 3.75. The summed E-state index contributed by atoms with van der Waals surface area (Å²) in [5, 5.41) is 16.3. The third-order valence-corrected chi connectivity index (χ3v) is 5.57. The monoisotopic (exact) mass is 532 g/mol. The molecule has 3 aromatic heterocycles. The molecule has 5 rings (SSSR count). The van der Waals surface area contributed by atoms with Crippen LogP contribution in [0.3, 0.4) is 0 Å². The zero-order valence-electron chi connectivity index (χ0n) is 19.9. The first-order valence-corrected chi connectivity index (χ1v) is 11.4. The van der Waals surface area contributed by atoms with Crippen LogP contribution in [0.4, 0.5) is 30.5 Å². The van der Waals surface area contributed by atoms with Gasteiger partial charge in [-0.2, -0.15) is 23.4 Å². The van der Waals surface area contributed by atoms with Crippen molar-refractivity contribution in [2.75, 3.05) is 10.6 Å². The molecule has 0 radical (unpaired) electrons. The number of H-pyrrole nitrogens is 1. The Kier molecular flexibility index (Phi) is 6.54. The fourth-order valence-corrected chi connectivity index (χ4v) is 3.75. The van der Waals surface area contributed by atoms with Crippen LogP contribution < -0.4 is 16.4 Å². The van der Waals surface area contributed by atoms with Crippen molar-refractivity contribution in [2.45, 2.75) is 6.18 Å². The zero-order chi connectivity index (χ0) is 27.6. The van der Waals surface area contributed by atoms with Crippen molar-refractivity contribution in [3.8, 4) is 16.9 Å². The SMILES string of the molecule is NC(=O)c1c(Nc2cccc(C(F)(F)F)n2)n[nH]c1-c1ccc(NC(=O)c2ccn(-c3ccccc3)n2)cc1. The van der Waals surface area contributed by atoms with E-state index in [1.807, 2.05) is 30.3 Å². The maximum Gasteiger partial charge on any atom is 0.433 e. The van der Waals surface area contributed by atoms with Gasteiger partial charge in [0.1, 0.15) is 17.1 Å². The normalized spacial score (nSPS) is 11.3. The number of alkyl halides is 3. The van der Waals surface area contributed by atoms with E-state index in [9.17, 15) is 22.8 Å². The number of benzene rings is 2. The number of hydrogen-bond acceptors (Lipinski definition) is 6. The summed E-state index contributed by atoms with van der Waals surface area (Å²) in [7, 11) is 0. The van der Waals surface area contributed by atoms with Gasteiger partial charge in [-0.1, -0.05) is 36.4 Å². The Morgan fingerprint density at radius 2 is 1.67 bits per heavy atom. The number of nitrogens with two attached hydrogens (primary N) is 1. The van der Waals surface area contributed by atoms with Crippen molar-refractivity contribution >= 4 is 29.1 Å². The van der Waals surface area contributed by atoms with Crippen molar-refractivity contribution < 1.29 is 22.8 Å². The van der Waals surface area contributed by atoms with Crippen LogP contribution in [0, 0.1) is 0 Å². The molecule has 0 unspecified atom stereocenters. The van der Waals surface area contributed by atoms with Gasteiger partial charge in [-0.15, -0.1) is 0 Å². The Hall–Kier alpha value is -5.46. The van der Waals surface area contributed by atoms with Crippen molar-refractivity contribution in [2.24, 2.45) is 5.73 Å². The van der Waals surface area contributed by atoms with E-state index in [1.54, 1.807) is 41.2 Å². The highest BCUT2D eigenvalue weighted by atomic mass is 19.4. The van der Waals surface area contributed by atoms with E-state index in [2.05, 4.69) is 30.9 Å². The summed E-state index contributed by atoms with van der Waals surface area (Å²) in [6.07, 6.45) is -2.96. The Morgan fingerprint density at radius 3 is 2.36 bits per heavy atom. The van der Waals surface area contributed by atoms with E-state index >= 15 is 0 Å². The lowest BCUT2D eigenvalue weighted by Crippen LogP contribution is -2.14. The highest BCUT2D eigenvalue weighted by Gasteiger charge is 2.32. The van der Waals surface area contributed by atoms with Gasteiger partial charge in [0.05, 0.1) is 11.4 Å². The maximum absolute atomic E-state index is 13.0. The molecular formula is C26H19F3N8O2. The van der Waals surface area contributed by atoms with E-state index in [1.165, 1.54) is 12.1 Å². The standard InChI is InChI=1S/C26H19F3N8O2/c27-26(28,29)19-7-4-8-20(32-19)33-24-21(23(30)38)22(34-35-24)15-9-11-16(12-10-15)31-25(39)18-13-14-37(36-18)17-5-2-1-3-6-17/h1-14H,(H2,30,38)(H,31,39)(H2,32,33,34,35). The molecule has 0 aliphatic heterocycles. The van der Waals surface area contributed by atoms with Crippen LogP contribution in [0.5, 0.6) is 0 Å². The van der Waals surface area contributed by atoms with Crippen molar-refractivity contribution in [3.05, 3.63) is 102 Å². The van der Waals surface area contributed by atoms with Gasteiger partial charge in [-0.3, -0.25) is 14.7 Å². The number of aromatic nitrogens is 5. The average molecular weight is 532 g/mol. The molecule has 0 aliphatic carbocycles. The number of nitrogens with one attached hydrogen (secondary N) is 3. The number of halogens is 3. The number of pyridine rings is 1. The summed E-state index contributed by atoms with van der Waals surface area (Å²) >= 11 is 0. The van der Waals surface area contributed by atoms with E-state index in [0.29, 0.717) is 11.3 Å². The molecule has 0 spiro atoms. The smallest absolute Gasteiger partial charge is 0.365 e. The molecule has 0 saturated carbocycles. The first kappa shape index (κ1) is 25.2. The van der Waals surface area contributed by atoms with Gasteiger partial charge in [-0.05, 0) is 42.5 Å². The number of nitrogens with zero attached hydrogens (tertiary/aromatic N) is 4. The highest BCUT2D eigenvalue weighted by Crippen LogP contribution is 2.31. The molecule has 2 amide bonds. The third kappa shape index (κ3) is 5.46. The number of amides is 2. The Bertz CT molecular complexity index is 1640. The minimum atomic E-state index is -4.64. The van der Waals surface area contributed by atoms with Gasteiger partial charge in [0.25, 0.3) is 11.8 Å². The predicted octanol–water partition coefficient (Wildman–Crippen LogP) is 4.77. The van der Waals surface area contributed by atoms with E-state index in [0.717, 1.165) is 11.8 Å². The molecule has 0 bridgehead atoms. The Morgan fingerprint density at radius 1 is 0.923 bits per heavy atom. The largest absolute Gasteiger partial charge is 0.433 e. The highest BCUT2D eigenvalue weighted by molar-refractivity contribution is 6.05. The van der Waals surface area contributed by atoms with E-state index in [-0.39, 0.29) is 28.6 Å². The molecule has 3 heterocycles. The lowest BCUT2D eigenvalue weighted by atomic mass is 10.1. The first-order valence-electron chi connectivity index (χ1n) is 11.4. The van der Waals surface area contributed by atoms with Crippen LogP contribution in [0.2, 0.25) is 0 Å². The van der Waals surface area contributed by atoms with Crippen molar-refractivity contribution in [1.29, 1.82) is 0 Å². The lowest BCUT2D eigenvalue weighted by Gasteiger charge is -2.09. The topological polar surface area (TPSA) is 144 Å². The van der Waals surface area contributed by atoms with Gasteiger partial charge in [0.15, 0.2) is 11.5 Å². The molecule has 0 atom stereocenters. The molecule has 0 aliphatic rings. The summed E-state index contributed by atoms with van der Waals surface area (Å²) in [5.41, 5.74) is 6.59. The van der Waals surface area contributed by atoms with Crippen molar-refractivity contribution in [3.63, 3.8) is 0 Å². The fraction of sp³-hybridized carbons (Fsp3) is 0.0385. The van der Waals surface area contributed by atoms with E-state index in [4.69, 9.17) is 5.73 Å². The molecule has 196 valence electrons. The number of para-hydroxylation sites is 1. The lowest BCUT2D eigenvalue weighted by molar-refractivity contribution is -0.141. The number of carbonyl (C=O) groups excluding carboxylic acids is 2. The molecule has 13 heteroatoms. The third-order valence-electron chi connectivity index (χ3n) is 5.57. The second kappa shape index (κ2) is 10.1. The number of carbonyl (C=O) groups is 2. The van der Waals surface area contributed by atoms with Crippen LogP contribution in [0.25, 0.3) is 16.9 Å². The van der Waals surface area contributed by atoms with Crippen LogP contribution in [0.1, 0.15) is 26.5 Å². The molecule has 0 saturated heterocycles. The zero-order valence-corrected chi connectivity index (χ0v) is 19.9. The number of anilines is 3. The Balaban J connectivity index is 1.33. The predicted molar refractivity (Wildman–Crippen MR) is 137 cm³/mol. The molecule has 2 aromatic carbocycles. The first-order chi connectivity index (χ1) is 18.7. The second-order valence-corrected chi connectivity index (χ2v) is 8.23. The van der Waals surface area contributed by atoms with Gasteiger partial charge in [0, 0.05) is 17.4 Å². The number of aromatic amines is 1. The minimum absolute atomic E-state index is 0.0718. The number of hydrogen-bond donors (Lipinski definition) is 4. The maximum atomic E-state index is 13.0. The quantitative estimate of drug-likeness (QED) is 0.238. The molecule has 0 fully saturated rings. The molecule has 39 heavy (non-hydrogen) atoms. The number of rotatable bonds is 7. The molecule has 5 aromatic rings. The van der Waals surface area contributed by atoms with E-state index < -0.39 is 23.7 Å². The summed E-state index contributed by atoms with van der Waals surface area (Å²) in [4.78, 5) is 28.4. The van der Waals surface area contributed by atoms with Crippen LogP contribution in [0.15, 0.2) is 85.1 Å². The van der Waals surface area contributed by atoms with Gasteiger partial charge < -0.3 is 16.4 Å². The summed E-state index contributed by atoms with van der Waals surface area (Å²) < 4.78 is 40.6.